The maximum atomic E-state index is 12.6. The van der Waals surface area contributed by atoms with Crippen LogP contribution in [-0.4, -0.2) is 25.0 Å². The molecule has 31 heavy (non-hydrogen) atoms. The van der Waals surface area contributed by atoms with E-state index < -0.39 is 0 Å². The number of hydrogen-bond acceptors (Lipinski definition) is 3. The summed E-state index contributed by atoms with van der Waals surface area (Å²) in [7, 11) is 0. The molecule has 158 valence electrons. The van der Waals surface area contributed by atoms with Gasteiger partial charge in [-0.05, 0) is 53.9 Å². The molecule has 0 aromatic heterocycles. The average Bonchev–Trinajstić information content (AvgIpc) is 2.77. The molecule has 4 rings (SSSR count). The van der Waals surface area contributed by atoms with Crippen molar-refractivity contribution < 1.29 is 14.3 Å². The molecule has 0 radical (unpaired) electrons. The molecule has 0 aliphatic carbocycles. The third-order valence-electron chi connectivity index (χ3n) is 5.03. The summed E-state index contributed by atoms with van der Waals surface area (Å²) >= 11 is 12.1. The molecule has 0 atom stereocenters. The Morgan fingerprint density at radius 3 is 2.71 bits per heavy atom. The van der Waals surface area contributed by atoms with Gasteiger partial charge in [-0.3, -0.25) is 9.59 Å². The predicted molar refractivity (Wildman–Crippen MR) is 122 cm³/mol. The molecule has 0 spiro atoms. The lowest BCUT2D eigenvalue weighted by atomic mass is 10.1. The van der Waals surface area contributed by atoms with Crippen LogP contribution in [0.25, 0.3) is 0 Å². The second-order valence-corrected chi connectivity index (χ2v) is 8.02. The number of amides is 2. The number of nitrogens with one attached hydrogen (secondary N) is 1. The topological polar surface area (TPSA) is 58.6 Å². The second kappa shape index (κ2) is 9.41. The highest BCUT2D eigenvalue weighted by atomic mass is 35.5. The Kier molecular flexibility index (Phi) is 6.44. The summed E-state index contributed by atoms with van der Waals surface area (Å²) < 4.78 is 5.49. The Bertz CT molecular complexity index is 1130. The van der Waals surface area contributed by atoms with Crippen molar-refractivity contribution in [1.29, 1.82) is 0 Å². The van der Waals surface area contributed by atoms with Gasteiger partial charge in [0.2, 0.25) is 0 Å². The Balaban J connectivity index is 1.41. The fourth-order valence-corrected chi connectivity index (χ4v) is 3.96. The van der Waals surface area contributed by atoms with E-state index >= 15 is 0 Å². The monoisotopic (exact) mass is 454 g/mol. The van der Waals surface area contributed by atoms with E-state index in [0.29, 0.717) is 40.9 Å². The van der Waals surface area contributed by atoms with Crippen LogP contribution in [0.4, 0.5) is 5.69 Å². The fraction of sp³-hybridized carbons (Fsp3) is 0.167. The van der Waals surface area contributed by atoms with Crippen LogP contribution in [0.3, 0.4) is 0 Å². The minimum absolute atomic E-state index is 0.00441. The van der Waals surface area contributed by atoms with Gasteiger partial charge in [0.25, 0.3) is 11.8 Å². The third-order valence-corrected chi connectivity index (χ3v) is 5.62. The summed E-state index contributed by atoms with van der Waals surface area (Å²) in [6.45, 7) is 0.810. The van der Waals surface area contributed by atoms with Crippen LogP contribution in [0.5, 0.6) is 5.75 Å². The average molecular weight is 455 g/mol. The molecule has 0 saturated heterocycles. The van der Waals surface area contributed by atoms with Crippen LogP contribution in [0.2, 0.25) is 10.0 Å². The zero-order valence-electron chi connectivity index (χ0n) is 16.6. The molecular formula is C24H20Cl2N2O3. The van der Waals surface area contributed by atoms with Crippen molar-refractivity contribution in [2.75, 3.05) is 18.1 Å². The van der Waals surface area contributed by atoms with Crippen LogP contribution >= 0.6 is 23.2 Å². The van der Waals surface area contributed by atoms with Gasteiger partial charge in [-0.25, -0.2) is 0 Å². The third kappa shape index (κ3) is 5.01. The van der Waals surface area contributed by atoms with E-state index in [9.17, 15) is 9.59 Å². The van der Waals surface area contributed by atoms with Crippen molar-refractivity contribution in [2.24, 2.45) is 0 Å². The second-order valence-electron chi connectivity index (χ2n) is 7.18. The first-order chi connectivity index (χ1) is 15.0. The number of anilines is 1. The molecule has 1 aliphatic heterocycles. The molecule has 0 bridgehead atoms. The zero-order chi connectivity index (χ0) is 21.8. The Hall–Kier alpha value is -3.02. The number of halogens is 2. The molecule has 1 heterocycles. The molecule has 3 aromatic rings. The number of carbonyl (C=O) groups excluding carboxylic acids is 2. The first-order valence-electron chi connectivity index (χ1n) is 9.84. The Morgan fingerprint density at radius 2 is 1.87 bits per heavy atom. The highest BCUT2D eigenvalue weighted by Gasteiger charge is 2.25. The standard InChI is InChI=1S/C24H20Cl2N2O3/c25-19-9-8-17(20(26)13-19)10-11-27-24(30)18-5-3-4-16(12-18)14-28-21-6-1-2-7-22(21)31-15-23(28)29/h1-9,12-13H,10-11,14-15H2,(H,27,30). The van der Waals surface area contributed by atoms with Crippen molar-refractivity contribution in [3.05, 3.63) is 93.5 Å². The molecule has 1 N–H and O–H groups in total. The summed E-state index contributed by atoms with van der Waals surface area (Å²) in [6, 6.07) is 20.0. The summed E-state index contributed by atoms with van der Waals surface area (Å²) in [5.41, 5.74) is 3.05. The summed E-state index contributed by atoms with van der Waals surface area (Å²) in [4.78, 5) is 26.7. The highest BCUT2D eigenvalue weighted by molar-refractivity contribution is 6.35. The van der Waals surface area contributed by atoms with Gasteiger partial charge in [0.05, 0.1) is 12.2 Å². The Morgan fingerprint density at radius 1 is 1.03 bits per heavy atom. The SMILES string of the molecule is O=C(NCCc1ccc(Cl)cc1Cl)c1cccc(CN2C(=O)COc3ccccc32)c1. The van der Waals surface area contributed by atoms with Crippen LogP contribution in [0, 0.1) is 0 Å². The van der Waals surface area contributed by atoms with Gasteiger partial charge in [-0.15, -0.1) is 0 Å². The van der Waals surface area contributed by atoms with Gasteiger partial charge < -0.3 is 15.0 Å². The lowest BCUT2D eigenvalue weighted by molar-refractivity contribution is -0.121. The van der Waals surface area contributed by atoms with Crippen molar-refractivity contribution in [1.82, 2.24) is 5.32 Å². The molecule has 2 amide bonds. The summed E-state index contributed by atoms with van der Waals surface area (Å²) in [5.74, 6) is 0.380. The number of nitrogens with zero attached hydrogens (tertiary/aromatic N) is 1. The molecule has 7 heteroatoms. The molecule has 5 nitrogen and oxygen atoms in total. The number of ether oxygens (including phenoxy) is 1. The largest absolute Gasteiger partial charge is 0.482 e. The van der Waals surface area contributed by atoms with Gasteiger partial charge in [0, 0.05) is 22.2 Å². The number of carbonyl (C=O) groups is 2. The van der Waals surface area contributed by atoms with E-state index in [1.54, 1.807) is 29.2 Å². The maximum absolute atomic E-state index is 12.6. The lowest BCUT2D eigenvalue weighted by Gasteiger charge is -2.29. The van der Waals surface area contributed by atoms with E-state index in [1.165, 1.54) is 0 Å². The zero-order valence-corrected chi connectivity index (χ0v) is 18.1. The van der Waals surface area contributed by atoms with Gasteiger partial charge >= 0.3 is 0 Å². The van der Waals surface area contributed by atoms with Gasteiger partial charge in [0.1, 0.15) is 5.75 Å². The van der Waals surface area contributed by atoms with Crippen molar-refractivity contribution in [3.8, 4) is 5.75 Å². The van der Waals surface area contributed by atoms with E-state index in [0.717, 1.165) is 16.8 Å². The fourth-order valence-electron chi connectivity index (χ4n) is 3.46. The number of rotatable bonds is 6. The molecule has 0 saturated carbocycles. The van der Waals surface area contributed by atoms with E-state index in [2.05, 4.69) is 5.32 Å². The predicted octanol–water partition coefficient (Wildman–Crippen LogP) is 4.89. The van der Waals surface area contributed by atoms with Crippen molar-refractivity contribution in [2.45, 2.75) is 13.0 Å². The van der Waals surface area contributed by atoms with Crippen LogP contribution < -0.4 is 15.0 Å². The van der Waals surface area contributed by atoms with E-state index in [-0.39, 0.29) is 18.4 Å². The summed E-state index contributed by atoms with van der Waals surface area (Å²) in [6.07, 6.45) is 0.598. The molecule has 0 unspecified atom stereocenters. The highest BCUT2D eigenvalue weighted by Crippen LogP contribution is 2.32. The van der Waals surface area contributed by atoms with Crippen LogP contribution in [-0.2, 0) is 17.8 Å². The van der Waals surface area contributed by atoms with Gasteiger partial charge in [0.15, 0.2) is 6.61 Å². The number of para-hydroxylation sites is 2. The Labute approximate surface area is 190 Å². The van der Waals surface area contributed by atoms with Crippen LogP contribution in [0.1, 0.15) is 21.5 Å². The smallest absolute Gasteiger partial charge is 0.265 e. The first kappa shape index (κ1) is 21.2. The first-order valence-corrected chi connectivity index (χ1v) is 10.6. The van der Waals surface area contributed by atoms with Crippen molar-refractivity contribution >= 4 is 40.7 Å². The molecule has 1 aliphatic rings. The molecule has 3 aromatic carbocycles. The van der Waals surface area contributed by atoms with Crippen molar-refractivity contribution in [3.63, 3.8) is 0 Å². The quantitative estimate of drug-likeness (QED) is 0.576. The normalized spacial score (nSPS) is 12.8. The lowest BCUT2D eigenvalue weighted by Crippen LogP contribution is -2.38. The van der Waals surface area contributed by atoms with Crippen LogP contribution in [0.15, 0.2) is 66.7 Å². The maximum Gasteiger partial charge on any atom is 0.265 e. The minimum Gasteiger partial charge on any atom is -0.482 e. The van der Waals surface area contributed by atoms with E-state index in [1.807, 2.05) is 42.5 Å². The number of benzene rings is 3. The number of fused-ring (bicyclic) bond motifs is 1. The number of hydrogen-bond donors (Lipinski definition) is 1. The summed E-state index contributed by atoms with van der Waals surface area (Å²) in [5, 5.41) is 4.08. The molecular weight excluding hydrogens is 435 g/mol. The van der Waals surface area contributed by atoms with E-state index in [4.69, 9.17) is 27.9 Å². The minimum atomic E-state index is -0.180. The molecule has 0 fully saturated rings. The van der Waals surface area contributed by atoms with Gasteiger partial charge in [-0.2, -0.15) is 0 Å². The van der Waals surface area contributed by atoms with Gasteiger partial charge in [-0.1, -0.05) is 53.5 Å².